The molecule has 1 amide bonds. The molecule has 0 aliphatic carbocycles. The number of amides is 1. The number of nitrogens with one attached hydrogen (secondary N) is 1. The van der Waals surface area contributed by atoms with Gasteiger partial charge in [0.2, 0.25) is 0 Å². The van der Waals surface area contributed by atoms with Gasteiger partial charge < -0.3 is 19.4 Å². The van der Waals surface area contributed by atoms with Crippen LogP contribution in [0.4, 0.5) is 5.82 Å². The minimum absolute atomic E-state index is 0.0497. The van der Waals surface area contributed by atoms with Crippen molar-refractivity contribution >= 4 is 11.7 Å². The normalized spacial score (nSPS) is 17.3. The first-order chi connectivity index (χ1) is 11.3. The van der Waals surface area contributed by atoms with Gasteiger partial charge in [-0.05, 0) is 25.0 Å². The standard InChI is InChI=1S/C16H20N4O3/c1-2-9-23-16-14(17-6-7-18-16)20-8-5-12(11-20)19-15(21)13-4-3-10-22-13/h3-4,6-7,10,12H,2,5,8-9,11H2,1H3,(H,19,21)/t12-/m0/s1. The molecule has 1 aliphatic heterocycles. The van der Waals surface area contributed by atoms with Gasteiger partial charge in [0.25, 0.3) is 11.8 Å². The molecule has 0 radical (unpaired) electrons. The highest BCUT2D eigenvalue weighted by molar-refractivity contribution is 5.91. The molecule has 0 spiro atoms. The molecule has 2 aromatic heterocycles. The Balaban J connectivity index is 1.62. The van der Waals surface area contributed by atoms with Crippen LogP contribution in [-0.4, -0.2) is 41.6 Å². The van der Waals surface area contributed by atoms with E-state index in [9.17, 15) is 4.79 Å². The van der Waals surface area contributed by atoms with Crippen LogP contribution >= 0.6 is 0 Å². The molecule has 0 bridgehead atoms. The number of nitrogens with zero attached hydrogens (tertiary/aromatic N) is 3. The third-order valence-electron chi connectivity index (χ3n) is 3.66. The Labute approximate surface area is 134 Å². The lowest BCUT2D eigenvalue weighted by Gasteiger charge is -2.19. The summed E-state index contributed by atoms with van der Waals surface area (Å²) in [7, 11) is 0. The van der Waals surface area contributed by atoms with E-state index < -0.39 is 0 Å². The number of hydrogen-bond donors (Lipinski definition) is 1. The largest absolute Gasteiger partial charge is 0.475 e. The Kier molecular flexibility index (Phi) is 4.75. The van der Waals surface area contributed by atoms with Crippen LogP contribution in [0.3, 0.4) is 0 Å². The quantitative estimate of drug-likeness (QED) is 0.876. The summed E-state index contributed by atoms with van der Waals surface area (Å²) < 4.78 is 10.8. The fourth-order valence-electron chi connectivity index (χ4n) is 2.57. The molecule has 7 nitrogen and oxygen atoms in total. The van der Waals surface area contributed by atoms with Gasteiger partial charge in [-0.1, -0.05) is 6.92 Å². The monoisotopic (exact) mass is 316 g/mol. The fraction of sp³-hybridized carbons (Fsp3) is 0.438. The van der Waals surface area contributed by atoms with Gasteiger partial charge in [0.05, 0.1) is 12.9 Å². The third-order valence-corrected chi connectivity index (χ3v) is 3.66. The predicted molar refractivity (Wildman–Crippen MR) is 84.6 cm³/mol. The van der Waals surface area contributed by atoms with Crippen molar-refractivity contribution in [1.82, 2.24) is 15.3 Å². The van der Waals surface area contributed by atoms with Gasteiger partial charge in [0.1, 0.15) is 0 Å². The maximum atomic E-state index is 12.0. The van der Waals surface area contributed by atoms with Crippen molar-refractivity contribution in [1.29, 1.82) is 0 Å². The van der Waals surface area contributed by atoms with Crippen LogP contribution in [0.15, 0.2) is 35.2 Å². The molecule has 1 fully saturated rings. The number of aromatic nitrogens is 2. The summed E-state index contributed by atoms with van der Waals surface area (Å²) in [5.41, 5.74) is 0. The van der Waals surface area contributed by atoms with E-state index in [1.807, 2.05) is 6.92 Å². The highest BCUT2D eigenvalue weighted by atomic mass is 16.5. The molecule has 1 N–H and O–H groups in total. The highest BCUT2D eigenvalue weighted by Gasteiger charge is 2.28. The summed E-state index contributed by atoms with van der Waals surface area (Å²) in [4.78, 5) is 22.8. The summed E-state index contributed by atoms with van der Waals surface area (Å²) in [6.45, 7) is 4.13. The lowest BCUT2D eigenvalue weighted by atomic mass is 10.2. The van der Waals surface area contributed by atoms with Crippen molar-refractivity contribution in [3.05, 3.63) is 36.5 Å². The van der Waals surface area contributed by atoms with E-state index in [2.05, 4.69) is 20.2 Å². The third kappa shape index (κ3) is 3.61. The highest BCUT2D eigenvalue weighted by Crippen LogP contribution is 2.26. The molecular formula is C16H20N4O3. The molecule has 3 heterocycles. The Bertz CT molecular complexity index is 645. The lowest BCUT2D eigenvalue weighted by Crippen LogP contribution is -2.37. The number of ether oxygens (including phenoxy) is 1. The summed E-state index contributed by atoms with van der Waals surface area (Å²) in [6, 6.07) is 3.41. The zero-order valence-corrected chi connectivity index (χ0v) is 13.1. The first-order valence-electron chi connectivity index (χ1n) is 7.81. The van der Waals surface area contributed by atoms with Crippen LogP contribution in [0.2, 0.25) is 0 Å². The zero-order chi connectivity index (χ0) is 16.1. The molecule has 122 valence electrons. The van der Waals surface area contributed by atoms with Crippen molar-refractivity contribution in [2.45, 2.75) is 25.8 Å². The minimum Gasteiger partial charge on any atom is -0.475 e. The van der Waals surface area contributed by atoms with Crippen LogP contribution in [0.5, 0.6) is 5.88 Å². The summed E-state index contributed by atoms with van der Waals surface area (Å²) in [5, 5.41) is 2.98. The van der Waals surface area contributed by atoms with Crippen LogP contribution in [0, 0.1) is 0 Å². The van der Waals surface area contributed by atoms with Gasteiger partial charge in [0.15, 0.2) is 11.6 Å². The van der Waals surface area contributed by atoms with E-state index in [4.69, 9.17) is 9.15 Å². The Morgan fingerprint density at radius 1 is 1.48 bits per heavy atom. The molecule has 1 saturated heterocycles. The molecule has 1 aliphatic rings. The molecule has 0 unspecified atom stereocenters. The topological polar surface area (TPSA) is 80.5 Å². The van der Waals surface area contributed by atoms with Crippen molar-refractivity contribution in [3.8, 4) is 5.88 Å². The Morgan fingerprint density at radius 2 is 2.35 bits per heavy atom. The number of furan rings is 1. The molecule has 0 aromatic carbocycles. The molecular weight excluding hydrogens is 296 g/mol. The smallest absolute Gasteiger partial charge is 0.287 e. The van der Waals surface area contributed by atoms with Gasteiger partial charge >= 0.3 is 0 Å². The SMILES string of the molecule is CCCOc1nccnc1N1CC[C@H](NC(=O)c2ccco2)C1. The average Bonchev–Trinajstić information content (AvgIpc) is 3.25. The number of carbonyl (C=O) groups excluding carboxylic acids is 1. The minimum atomic E-state index is -0.191. The van der Waals surface area contributed by atoms with Gasteiger partial charge in [-0.3, -0.25) is 4.79 Å². The molecule has 1 atom stereocenters. The van der Waals surface area contributed by atoms with Crippen LogP contribution in [-0.2, 0) is 0 Å². The number of anilines is 1. The van der Waals surface area contributed by atoms with Crippen LogP contribution in [0.25, 0.3) is 0 Å². The molecule has 7 heteroatoms. The Morgan fingerprint density at radius 3 is 3.13 bits per heavy atom. The molecule has 2 aromatic rings. The van der Waals surface area contributed by atoms with E-state index in [0.717, 1.165) is 25.2 Å². The van der Waals surface area contributed by atoms with Gasteiger partial charge in [-0.25, -0.2) is 9.97 Å². The molecule has 3 rings (SSSR count). The van der Waals surface area contributed by atoms with E-state index in [1.54, 1.807) is 24.5 Å². The van der Waals surface area contributed by atoms with E-state index >= 15 is 0 Å². The average molecular weight is 316 g/mol. The first-order valence-corrected chi connectivity index (χ1v) is 7.81. The van der Waals surface area contributed by atoms with Gasteiger partial charge in [-0.2, -0.15) is 0 Å². The van der Waals surface area contributed by atoms with Gasteiger partial charge in [-0.15, -0.1) is 0 Å². The summed E-state index contributed by atoms with van der Waals surface area (Å²) in [5.74, 6) is 1.42. The lowest BCUT2D eigenvalue weighted by molar-refractivity contribution is 0.0912. The number of carbonyl (C=O) groups is 1. The second-order valence-corrected chi connectivity index (χ2v) is 5.42. The maximum absolute atomic E-state index is 12.0. The van der Waals surface area contributed by atoms with E-state index in [-0.39, 0.29) is 11.9 Å². The number of hydrogen-bond acceptors (Lipinski definition) is 6. The first kappa shape index (κ1) is 15.3. The van der Waals surface area contributed by atoms with Crippen molar-refractivity contribution in [2.75, 3.05) is 24.6 Å². The summed E-state index contributed by atoms with van der Waals surface area (Å²) in [6.07, 6.45) is 6.53. The summed E-state index contributed by atoms with van der Waals surface area (Å²) >= 11 is 0. The van der Waals surface area contributed by atoms with Gasteiger partial charge in [0, 0.05) is 31.5 Å². The van der Waals surface area contributed by atoms with E-state index in [1.165, 1.54) is 6.26 Å². The van der Waals surface area contributed by atoms with Crippen molar-refractivity contribution in [3.63, 3.8) is 0 Å². The van der Waals surface area contributed by atoms with Crippen molar-refractivity contribution in [2.24, 2.45) is 0 Å². The molecule has 0 saturated carbocycles. The van der Waals surface area contributed by atoms with Crippen LogP contribution in [0.1, 0.15) is 30.3 Å². The van der Waals surface area contributed by atoms with Crippen LogP contribution < -0.4 is 15.0 Å². The van der Waals surface area contributed by atoms with E-state index in [0.29, 0.717) is 24.8 Å². The Hall–Kier alpha value is -2.57. The fourth-order valence-corrected chi connectivity index (χ4v) is 2.57. The maximum Gasteiger partial charge on any atom is 0.287 e. The second kappa shape index (κ2) is 7.13. The molecule has 23 heavy (non-hydrogen) atoms. The number of rotatable bonds is 6. The predicted octanol–water partition coefficient (Wildman–Crippen LogP) is 1.87. The zero-order valence-electron chi connectivity index (χ0n) is 13.1. The second-order valence-electron chi connectivity index (χ2n) is 5.42. The van der Waals surface area contributed by atoms with Crippen molar-refractivity contribution < 1.29 is 13.9 Å².